The number of anilines is 1. The van der Waals surface area contributed by atoms with Gasteiger partial charge in [0.15, 0.2) is 5.16 Å². The minimum atomic E-state index is 0.657. The SMILES string of the molecule is CCCNc1ccc(Cl)c(CSc2nccc(C)n2)n1. The molecule has 0 aromatic carbocycles. The number of hydrogen-bond donors (Lipinski definition) is 1. The molecule has 2 aromatic rings. The molecule has 0 atom stereocenters. The average Bonchev–Trinajstić information content (AvgIpc) is 2.45. The lowest BCUT2D eigenvalue weighted by molar-refractivity contribution is 0.930. The highest BCUT2D eigenvalue weighted by molar-refractivity contribution is 7.98. The molecule has 106 valence electrons. The van der Waals surface area contributed by atoms with E-state index in [1.54, 1.807) is 6.20 Å². The summed E-state index contributed by atoms with van der Waals surface area (Å²) in [4.78, 5) is 13.1. The third-order valence-corrected chi connectivity index (χ3v) is 3.80. The van der Waals surface area contributed by atoms with Crippen molar-refractivity contribution in [2.45, 2.75) is 31.2 Å². The second-order valence-electron chi connectivity index (χ2n) is 4.32. The number of aromatic nitrogens is 3. The first-order chi connectivity index (χ1) is 9.69. The minimum Gasteiger partial charge on any atom is -0.370 e. The van der Waals surface area contributed by atoms with Gasteiger partial charge in [-0.05, 0) is 31.5 Å². The van der Waals surface area contributed by atoms with Crippen LogP contribution in [-0.2, 0) is 5.75 Å². The first-order valence-corrected chi connectivity index (χ1v) is 7.87. The minimum absolute atomic E-state index is 0.657. The summed E-state index contributed by atoms with van der Waals surface area (Å²) in [6, 6.07) is 5.65. The summed E-state index contributed by atoms with van der Waals surface area (Å²) in [6.07, 6.45) is 2.82. The van der Waals surface area contributed by atoms with E-state index < -0.39 is 0 Å². The third-order valence-electron chi connectivity index (χ3n) is 2.59. The van der Waals surface area contributed by atoms with Gasteiger partial charge in [-0.2, -0.15) is 0 Å². The number of hydrogen-bond acceptors (Lipinski definition) is 5. The van der Waals surface area contributed by atoms with Crippen molar-refractivity contribution in [3.8, 4) is 0 Å². The van der Waals surface area contributed by atoms with Gasteiger partial charge in [0.1, 0.15) is 5.82 Å². The predicted molar refractivity (Wildman–Crippen MR) is 84.4 cm³/mol. The molecule has 0 aliphatic rings. The van der Waals surface area contributed by atoms with Gasteiger partial charge < -0.3 is 5.32 Å². The van der Waals surface area contributed by atoms with Crippen LogP contribution in [0.5, 0.6) is 0 Å². The predicted octanol–water partition coefficient (Wildman–Crippen LogP) is 3.95. The molecule has 2 heterocycles. The maximum absolute atomic E-state index is 6.18. The lowest BCUT2D eigenvalue weighted by atomic mass is 10.3. The van der Waals surface area contributed by atoms with E-state index in [0.29, 0.717) is 10.8 Å². The van der Waals surface area contributed by atoms with E-state index in [2.05, 4.69) is 27.2 Å². The summed E-state index contributed by atoms with van der Waals surface area (Å²) in [5, 5.41) is 4.68. The van der Waals surface area contributed by atoms with Crippen molar-refractivity contribution >= 4 is 29.2 Å². The van der Waals surface area contributed by atoms with Gasteiger partial charge in [0, 0.05) is 24.2 Å². The molecule has 4 nitrogen and oxygen atoms in total. The summed E-state index contributed by atoms with van der Waals surface area (Å²) in [5.41, 5.74) is 1.81. The van der Waals surface area contributed by atoms with Crippen LogP contribution in [0.3, 0.4) is 0 Å². The average molecular weight is 309 g/mol. The van der Waals surface area contributed by atoms with E-state index in [1.165, 1.54) is 11.8 Å². The van der Waals surface area contributed by atoms with Gasteiger partial charge in [0.2, 0.25) is 0 Å². The Hall–Kier alpha value is -1.33. The molecule has 2 rings (SSSR count). The van der Waals surface area contributed by atoms with E-state index in [1.807, 2.05) is 25.1 Å². The zero-order valence-electron chi connectivity index (χ0n) is 11.6. The molecule has 0 aliphatic heterocycles. The van der Waals surface area contributed by atoms with Crippen LogP contribution >= 0.6 is 23.4 Å². The fourth-order valence-electron chi connectivity index (χ4n) is 1.57. The quantitative estimate of drug-likeness (QED) is 0.647. The Morgan fingerprint density at radius 2 is 2.10 bits per heavy atom. The zero-order valence-corrected chi connectivity index (χ0v) is 13.1. The molecule has 0 unspecified atom stereocenters. The Labute approximate surface area is 128 Å². The van der Waals surface area contributed by atoms with Gasteiger partial charge in [-0.1, -0.05) is 30.3 Å². The molecule has 0 fully saturated rings. The van der Waals surface area contributed by atoms with Gasteiger partial charge >= 0.3 is 0 Å². The van der Waals surface area contributed by atoms with Crippen LogP contribution < -0.4 is 5.32 Å². The van der Waals surface area contributed by atoms with Crippen LogP contribution in [0.2, 0.25) is 5.02 Å². The first kappa shape index (κ1) is 15.1. The number of nitrogens with zero attached hydrogens (tertiary/aromatic N) is 3. The molecule has 6 heteroatoms. The lowest BCUT2D eigenvalue weighted by Crippen LogP contribution is -2.03. The summed E-state index contributed by atoms with van der Waals surface area (Å²) in [5.74, 6) is 1.52. The molecule has 0 radical (unpaired) electrons. The van der Waals surface area contributed by atoms with E-state index >= 15 is 0 Å². The van der Waals surface area contributed by atoms with Crippen molar-refractivity contribution in [1.82, 2.24) is 15.0 Å². The van der Waals surface area contributed by atoms with Crippen molar-refractivity contribution < 1.29 is 0 Å². The Balaban J connectivity index is 2.04. The Morgan fingerprint density at radius 1 is 1.25 bits per heavy atom. The molecule has 0 aliphatic carbocycles. The largest absolute Gasteiger partial charge is 0.370 e. The monoisotopic (exact) mass is 308 g/mol. The van der Waals surface area contributed by atoms with Crippen LogP contribution in [0.4, 0.5) is 5.82 Å². The smallest absolute Gasteiger partial charge is 0.188 e. The van der Waals surface area contributed by atoms with Crippen molar-refractivity contribution in [2.75, 3.05) is 11.9 Å². The van der Waals surface area contributed by atoms with E-state index in [0.717, 1.165) is 35.3 Å². The van der Waals surface area contributed by atoms with Gasteiger partial charge in [-0.15, -0.1) is 0 Å². The Kier molecular flexibility index (Phi) is 5.61. The fraction of sp³-hybridized carbons (Fsp3) is 0.357. The highest BCUT2D eigenvalue weighted by Gasteiger charge is 2.06. The topological polar surface area (TPSA) is 50.7 Å². The summed E-state index contributed by atoms with van der Waals surface area (Å²) < 4.78 is 0. The van der Waals surface area contributed by atoms with Crippen molar-refractivity contribution in [3.63, 3.8) is 0 Å². The van der Waals surface area contributed by atoms with Crippen molar-refractivity contribution in [3.05, 3.63) is 40.8 Å². The number of halogens is 1. The molecule has 2 aromatic heterocycles. The first-order valence-electron chi connectivity index (χ1n) is 6.50. The fourth-order valence-corrected chi connectivity index (χ4v) is 2.65. The molecular formula is C14H17ClN4S. The summed E-state index contributed by atoms with van der Waals surface area (Å²) in [6.45, 7) is 4.98. The molecule has 1 N–H and O–H groups in total. The van der Waals surface area contributed by atoms with Gasteiger partial charge in [-0.25, -0.2) is 15.0 Å². The normalized spacial score (nSPS) is 10.6. The standard InChI is InChI=1S/C14H17ClN4S/c1-3-7-16-13-5-4-11(15)12(19-13)9-20-14-17-8-6-10(2)18-14/h4-6,8H,3,7,9H2,1-2H3,(H,16,19). The Morgan fingerprint density at radius 3 is 2.85 bits per heavy atom. The maximum Gasteiger partial charge on any atom is 0.188 e. The highest BCUT2D eigenvalue weighted by Crippen LogP contribution is 2.24. The van der Waals surface area contributed by atoms with E-state index in [-0.39, 0.29) is 0 Å². The molecular weight excluding hydrogens is 292 g/mol. The second kappa shape index (κ2) is 7.45. The van der Waals surface area contributed by atoms with E-state index in [4.69, 9.17) is 11.6 Å². The van der Waals surface area contributed by atoms with Crippen molar-refractivity contribution in [1.29, 1.82) is 0 Å². The number of nitrogens with one attached hydrogen (secondary N) is 1. The van der Waals surface area contributed by atoms with Crippen LogP contribution in [0.15, 0.2) is 29.6 Å². The molecule has 0 amide bonds. The van der Waals surface area contributed by atoms with Crippen LogP contribution in [-0.4, -0.2) is 21.5 Å². The summed E-state index contributed by atoms with van der Waals surface area (Å²) in [7, 11) is 0. The number of aryl methyl sites for hydroxylation is 1. The van der Waals surface area contributed by atoms with Crippen LogP contribution in [0.25, 0.3) is 0 Å². The van der Waals surface area contributed by atoms with Crippen molar-refractivity contribution in [2.24, 2.45) is 0 Å². The molecule has 0 spiro atoms. The number of thioether (sulfide) groups is 1. The maximum atomic E-state index is 6.18. The molecule has 0 saturated carbocycles. The summed E-state index contributed by atoms with van der Waals surface area (Å²) >= 11 is 7.72. The Bertz CT molecular complexity index is 577. The number of rotatable bonds is 6. The highest BCUT2D eigenvalue weighted by atomic mass is 35.5. The number of pyridine rings is 1. The van der Waals surface area contributed by atoms with Gasteiger partial charge in [0.25, 0.3) is 0 Å². The van der Waals surface area contributed by atoms with Crippen LogP contribution in [0.1, 0.15) is 24.7 Å². The molecule has 20 heavy (non-hydrogen) atoms. The molecule has 0 bridgehead atoms. The second-order valence-corrected chi connectivity index (χ2v) is 5.67. The van der Waals surface area contributed by atoms with Gasteiger partial charge in [-0.3, -0.25) is 0 Å². The van der Waals surface area contributed by atoms with E-state index in [9.17, 15) is 0 Å². The molecule has 0 saturated heterocycles. The van der Waals surface area contributed by atoms with Gasteiger partial charge in [0.05, 0.1) is 10.7 Å². The lowest BCUT2D eigenvalue weighted by Gasteiger charge is -2.08. The third kappa shape index (κ3) is 4.35. The van der Waals surface area contributed by atoms with Crippen LogP contribution in [0, 0.1) is 6.92 Å². The zero-order chi connectivity index (χ0) is 14.4.